The molecule has 1 aromatic carbocycles. The molecule has 0 saturated carbocycles. The number of aromatic nitrogens is 4. The van der Waals surface area contributed by atoms with Crippen LogP contribution in [0.5, 0.6) is 0 Å². The van der Waals surface area contributed by atoms with Gasteiger partial charge in [0, 0.05) is 28.9 Å². The number of rotatable bonds is 5. The summed E-state index contributed by atoms with van der Waals surface area (Å²) in [7, 11) is 1.91. The van der Waals surface area contributed by atoms with E-state index in [0.29, 0.717) is 15.7 Å². The van der Waals surface area contributed by atoms with Gasteiger partial charge in [0.05, 0.1) is 35.9 Å². The Morgan fingerprint density at radius 2 is 2.00 bits per heavy atom. The highest BCUT2D eigenvalue weighted by Gasteiger charge is 2.17. The topological polar surface area (TPSA) is 59.7 Å². The Hall–Kier alpha value is -2.45. The zero-order chi connectivity index (χ0) is 21.3. The van der Waals surface area contributed by atoms with Crippen LogP contribution in [0.2, 0.25) is 5.02 Å². The molecular weight excluding hydrogens is 411 g/mol. The number of thiocarbonyl (C=S) groups is 1. The highest BCUT2D eigenvalue weighted by atomic mass is 35.5. The summed E-state index contributed by atoms with van der Waals surface area (Å²) in [6.07, 6.45) is 1.84. The minimum Gasteiger partial charge on any atom is -0.356 e. The van der Waals surface area contributed by atoms with Crippen molar-refractivity contribution in [1.29, 1.82) is 0 Å². The molecule has 0 bridgehead atoms. The van der Waals surface area contributed by atoms with Crippen LogP contribution in [0.1, 0.15) is 41.2 Å². The van der Waals surface area contributed by atoms with Gasteiger partial charge in [0.25, 0.3) is 0 Å². The fourth-order valence-electron chi connectivity index (χ4n) is 3.23. The molecule has 0 aliphatic carbocycles. The highest BCUT2D eigenvalue weighted by molar-refractivity contribution is 7.80. The second-order valence-corrected chi connectivity index (χ2v) is 7.85. The van der Waals surface area contributed by atoms with Crippen LogP contribution in [0.3, 0.4) is 0 Å². The maximum Gasteiger partial charge on any atom is 0.171 e. The standard InChI is InChI=1S/C20H24ClFN6S/c1-11(15-9-23-27(5)13(15)3)24-20(29)25-19-12(2)26-28(14(19)4)10-16-17(21)7-6-8-18(16)22/h6-9,11H,10H2,1-5H3,(H2,24,25,29). The number of nitrogens with zero attached hydrogens (tertiary/aromatic N) is 4. The Kier molecular flexibility index (Phi) is 6.24. The number of anilines is 1. The third kappa shape index (κ3) is 4.43. The van der Waals surface area contributed by atoms with Crippen molar-refractivity contribution in [2.45, 2.75) is 40.3 Å². The van der Waals surface area contributed by atoms with Crippen molar-refractivity contribution < 1.29 is 4.39 Å². The number of benzene rings is 1. The van der Waals surface area contributed by atoms with Crippen LogP contribution in [0, 0.1) is 26.6 Å². The number of aryl methyl sites for hydroxylation is 2. The summed E-state index contributed by atoms with van der Waals surface area (Å²) < 4.78 is 17.7. The van der Waals surface area contributed by atoms with E-state index >= 15 is 0 Å². The summed E-state index contributed by atoms with van der Waals surface area (Å²) >= 11 is 11.7. The van der Waals surface area contributed by atoms with Gasteiger partial charge in [0.15, 0.2) is 5.11 Å². The van der Waals surface area contributed by atoms with E-state index in [1.54, 1.807) is 16.8 Å². The first-order valence-corrected chi connectivity index (χ1v) is 10.0. The fraction of sp³-hybridized carbons (Fsp3) is 0.350. The second-order valence-electron chi connectivity index (χ2n) is 7.03. The largest absolute Gasteiger partial charge is 0.356 e. The third-order valence-corrected chi connectivity index (χ3v) is 5.65. The molecule has 0 fully saturated rings. The van der Waals surface area contributed by atoms with Crippen molar-refractivity contribution in [2.24, 2.45) is 7.05 Å². The van der Waals surface area contributed by atoms with Gasteiger partial charge in [-0.3, -0.25) is 9.36 Å². The lowest BCUT2D eigenvalue weighted by atomic mass is 10.1. The minimum absolute atomic E-state index is 0.00317. The monoisotopic (exact) mass is 434 g/mol. The highest BCUT2D eigenvalue weighted by Crippen LogP contribution is 2.25. The van der Waals surface area contributed by atoms with Gasteiger partial charge in [-0.2, -0.15) is 10.2 Å². The van der Waals surface area contributed by atoms with E-state index in [1.807, 2.05) is 45.6 Å². The summed E-state index contributed by atoms with van der Waals surface area (Å²) in [5.41, 5.74) is 4.97. The molecule has 2 N–H and O–H groups in total. The molecule has 0 amide bonds. The molecule has 0 radical (unpaired) electrons. The zero-order valence-electron chi connectivity index (χ0n) is 17.0. The first-order valence-electron chi connectivity index (χ1n) is 9.22. The van der Waals surface area contributed by atoms with Crippen molar-refractivity contribution in [2.75, 3.05) is 5.32 Å². The Bertz CT molecular complexity index is 1040. The average Bonchev–Trinajstić information content (AvgIpc) is 3.12. The molecule has 0 spiro atoms. The molecule has 3 aromatic rings. The Labute approximate surface area is 180 Å². The van der Waals surface area contributed by atoms with Crippen molar-refractivity contribution in [3.63, 3.8) is 0 Å². The lowest BCUT2D eigenvalue weighted by molar-refractivity contribution is 0.579. The van der Waals surface area contributed by atoms with Crippen LogP contribution in [-0.4, -0.2) is 24.7 Å². The normalized spacial score (nSPS) is 12.1. The van der Waals surface area contributed by atoms with E-state index in [2.05, 4.69) is 20.8 Å². The maximum atomic E-state index is 14.1. The molecule has 1 unspecified atom stereocenters. The molecule has 2 aromatic heterocycles. The first-order chi connectivity index (χ1) is 13.7. The van der Waals surface area contributed by atoms with E-state index in [9.17, 15) is 4.39 Å². The molecule has 2 heterocycles. The molecule has 6 nitrogen and oxygen atoms in total. The number of hydrogen-bond donors (Lipinski definition) is 2. The van der Waals surface area contributed by atoms with Crippen molar-refractivity contribution in [3.8, 4) is 0 Å². The SMILES string of the molecule is Cc1nn(Cc2c(F)cccc2Cl)c(C)c1NC(=S)NC(C)c1cnn(C)c1C. The van der Waals surface area contributed by atoms with E-state index in [-0.39, 0.29) is 18.4 Å². The van der Waals surface area contributed by atoms with Crippen molar-refractivity contribution in [1.82, 2.24) is 24.9 Å². The van der Waals surface area contributed by atoms with E-state index in [0.717, 1.165) is 28.3 Å². The fourth-order valence-corrected chi connectivity index (χ4v) is 3.73. The molecule has 29 heavy (non-hydrogen) atoms. The minimum atomic E-state index is -0.350. The van der Waals surface area contributed by atoms with Crippen molar-refractivity contribution in [3.05, 3.63) is 63.4 Å². The maximum absolute atomic E-state index is 14.1. The number of hydrogen-bond acceptors (Lipinski definition) is 3. The van der Waals surface area contributed by atoms with Crippen LogP contribution in [0.4, 0.5) is 10.1 Å². The molecule has 9 heteroatoms. The quantitative estimate of drug-likeness (QED) is 0.582. The Balaban J connectivity index is 1.75. The molecule has 0 aliphatic heterocycles. The average molecular weight is 435 g/mol. The van der Waals surface area contributed by atoms with Gasteiger partial charge in [0.2, 0.25) is 0 Å². The Morgan fingerprint density at radius 3 is 2.62 bits per heavy atom. The second kappa shape index (κ2) is 8.51. The summed E-state index contributed by atoms with van der Waals surface area (Å²) in [6, 6.07) is 4.65. The van der Waals surface area contributed by atoms with E-state index in [1.165, 1.54) is 6.07 Å². The zero-order valence-corrected chi connectivity index (χ0v) is 18.6. The van der Waals surface area contributed by atoms with Crippen LogP contribution in [0.15, 0.2) is 24.4 Å². The van der Waals surface area contributed by atoms with Gasteiger partial charge in [-0.05, 0) is 52.0 Å². The predicted molar refractivity (Wildman–Crippen MR) is 118 cm³/mol. The van der Waals surface area contributed by atoms with E-state index in [4.69, 9.17) is 23.8 Å². The van der Waals surface area contributed by atoms with Crippen LogP contribution >= 0.6 is 23.8 Å². The molecule has 1 atom stereocenters. The molecule has 3 rings (SSSR count). The van der Waals surface area contributed by atoms with Gasteiger partial charge in [-0.1, -0.05) is 17.7 Å². The molecular formula is C20H24ClFN6S. The summed E-state index contributed by atoms with van der Waals surface area (Å²) in [5, 5.41) is 16.2. The predicted octanol–water partition coefficient (Wildman–Crippen LogP) is 4.43. The van der Waals surface area contributed by atoms with Gasteiger partial charge in [-0.15, -0.1) is 0 Å². The number of nitrogens with one attached hydrogen (secondary N) is 2. The van der Waals surface area contributed by atoms with Crippen LogP contribution in [0.25, 0.3) is 0 Å². The Morgan fingerprint density at radius 1 is 1.28 bits per heavy atom. The van der Waals surface area contributed by atoms with Gasteiger partial charge in [0.1, 0.15) is 5.82 Å². The summed E-state index contributed by atoms with van der Waals surface area (Å²) in [6.45, 7) is 8.08. The molecule has 0 saturated heterocycles. The van der Waals surface area contributed by atoms with E-state index < -0.39 is 0 Å². The first kappa shape index (κ1) is 21.3. The van der Waals surface area contributed by atoms with Crippen LogP contribution in [-0.2, 0) is 13.6 Å². The van der Waals surface area contributed by atoms with Crippen molar-refractivity contribution >= 4 is 34.6 Å². The summed E-state index contributed by atoms with van der Waals surface area (Å²) in [5.74, 6) is -0.350. The lowest BCUT2D eigenvalue weighted by Crippen LogP contribution is -2.31. The molecule has 154 valence electrons. The lowest BCUT2D eigenvalue weighted by Gasteiger charge is -2.17. The number of halogens is 2. The van der Waals surface area contributed by atoms with Crippen LogP contribution < -0.4 is 10.6 Å². The molecule has 0 aliphatic rings. The summed E-state index contributed by atoms with van der Waals surface area (Å²) in [4.78, 5) is 0. The van der Waals surface area contributed by atoms with Gasteiger partial charge < -0.3 is 10.6 Å². The third-order valence-electron chi connectivity index (χ3n) is 5.08. The van der Waals surface area contributed by atoms with Gasteiger partial charge in [-0.25, -0.2) is 4.39 Å². The van der Waals surface area contributed by atoms with Gasteiger partial charge >= 0.3 is 0 Å². The smallest absolute Gasteiger partial charge is 0.171 e.